The van der Waals surface area contributed by atoms with E-state index in [1.807, 2.05) is 54.9 Å². The molecule has 1 atom stereocenters. The zero-order chi connectivity index (χ0) is 20.2. The number of nitrogens with one attached hydrogen (secondary N) is 1. The van der Waals surface area contributed by atoms with E-state index >= 15 is 0 Å². The van der Waals surface area contributed by atoms with Crippen LogP contribution < -0.4 is 14.8 Å². The predicted octanol–water partition coefficient (Wildman–Crippen LogP) is 2.57. The molecule has 0 radical (unpaired) electrons. The molecule has 0 saturated heterocycles. The fourth-order valence-electron chi connectivity index (χ4n) is 2.65. The van der Waals surface area contributed by atoms with Gasteiger partial charge in [-0.1, -0.05) is 12.1 Å². The SMILES string of the molecule is CCN(CC)C(=O)COc1ccc(CCNCC(O)COc2ccsc2)cc1. The lowest BCUT2D eigenvalue weighted by Gasteiger charge is -2.18. The van der Waals surface area contributed by atoms with Gasteiger partial charge in [0.1, 0.15) is 24.2 Å². The molecule has 154 valence electrons. The summed E-state index contributed by atoms with van der Waals surface area (Å²) in [7, 11) is 0. The van der Waals surface area contributed by atoms with Crippen LogP contribution in [0.15, 0.2) is 41.1 Å². The van der Waals surface area contributed by atoms with Crippen LogP contribution >= 0.6 is 11.3 Å². The Hall–Kier alpha value is -2.09. The van der Waals surface area contributed by atoms with E-state index in [4.69, 9.17) is 9.47 Å². The third-order valence-electron chi connectivity index (χ3n) is 4.31. The summed E-state index contributed by atoms with van der Waals surface area (Å²) in [6.45, 7) is 6.89. The van der Waals surface area contributed by atoms with Gasteiger partial charge in [0, 0.05) is 25.0 Å². The molecule has 2 aromatic rings. The van der Waals surface area contributed by atoms with Crippen LogP contribution in [0.2, 0.25) is 0 Å². The maximum Gasteiger partial charge on any atom is 0.260 e. The molecule has 0 saturated carbocycles. The number of likely N-dealkylation sites (N-methyl/N-ethyl adjacent to an activating group) is 1. The number of carbonyl (C=O) groups excluding carboxylic acids is 1. The molecule has 0 aliphatic carbocycles. The van der Waals surface area contributed by atoms with Crippen LogP contribution in [0.3, 0.4) is 0 Å². The molecule has 1 aromatic carbocycles. The molecule has 6 nitrogen and oxygen atoms in total. The summed E-state index contributed by atoms with van der Waals surface area (Å²) in [6, 6.07) is 9.64. The smallest absolute Gasteiger partial charge is 0.260 e. The van der Waals surface area contributed by atoms with Crippen molar-refractivity contribution in [3.63, 3.8) is 0 Å². The number of aliphatic hydroxyl groups is 1. The highest BCUT2D eigenvalue weighted by molar-refractivity contribution is 7.08. The number of hydrogen-bond acceptors (Lipinski definition) is 6. The van der Waals surface area contributed by atoms with Crippen molar-refractivity contribution >= 4 is 17.2 Å². The molecule has 0 bridgehead atoms. The van der Waals surface area contributed by atoms with Crippen LogP contribution in [0.5, 0.6) is 11.5 Å². The highest BCUT2D eigenvalue weighted by Crippen LogP contribution is 2.15. The summed E-state index contributed by atoms with van der Waals surface area (Å²) in [6.07, 6.45) is 0.301. The number of ether oxygens (including phenoxy) is 2. The van der Waals surface area contributed by atoms with Crippen LogP contribution in [-0.2, 0) is 11.2 Å². The van der Waals surface area contributed by atoms with Gasteiger partial charge in [0.05, 0.1) is 0 Å². The Bertz CT molecular complexity index is 672. The molecular weight excluding hydrogens is 376 g/mol. The van der Waals surface area contributed by atoms with Gasteiger partial charge in [0.15, 0.2) is 6.61 Å². The Morgan fingerprint density at radius 2 is 1.89 bits per heavy atom. The first-order valence-corrected chi connectivity index (χ1v) is 10.6. The van der Waals surface area contributed by atoms with Crippen LogP contribution in [0.1, 0.15) is 19.4 Å². The average Bonchev–Trinajstić information content (AvgIpc) is 3.23. The van der Waals surface area contributed by atoms with Gasteiger partial charge in [0.25, 0.3) is 5.91 Å². The van der Waals surface area contributed by atoms with E-state index in [2.05, 4.69) is 5.32 Å². The molecule has 0 spiro atoms. The van der Waals surface area contributed by atoms with Gasteiger partial charge in [0.2, 0.25) is 0 Å². The Morgan fingerprint density at radius 1 is 1.14 bits per heavy atom. The van der Waals surface area contributed by atoms with Gasteiger partial charge in [-0.05, 0) is 56.0 Å². The van der Waals surface area contributed by atoms with Gasteiger partial charge in [-0.2, -0.15) is 0 Å². The zero-order valence-electron chi connectivity index (χ0n) is 16.6. The lowest BCUT2D eigenvalue weighted by atomic mass is 10.1. The molecule has 2 rings (SSSR count). The Morgan fingerprint density at radius 3 is 2.54 bits per heavy atom. The summed E-state index contributed by atoms with van der Waals surface area (Å²) in [4.78, 5) is 13.7. The number of benzene rings is 1. The van der Waals surface area contributed by atoms with Crippen LogP contribution in [0.25, 0.3) is 0 Å². The normalized spacial score (nSPS) is 11.8. The van der Waals surface area contributed by atoms with E-state index in [1.165, 1.54) is 5.56 Å². The van der Waals surface area contributed by atoms with Crippen LogP contribution in [0, 0.1) is 0 Å². The lowest BCUT2D eigenvalue weighted by molar-refractivity contribution is -0.132. The molecule has 0 aliphatic rings. The van der Waals surface area contributed by atoms with Crippen molar-refractivity contribution < 1.29 is 19.4 Å². The first-order valence-electron chi connectivity index (χ1n) is 9.65. The minimum Gasteiger partial charge on any atom is -0.490 e. The van der Waals surface area contributed by atoms with Crippen molar-refractivity contribution in [2.45, 2.75) is 26.4 Å². The molecule has 1 amide bonds. The fourth-order valence-corrected chi connectivity index (χ4v) is 3.22. The van der Waals surface area contributed by atoms with Gasteiger partial charge in [-0.25, -0.2) is 0 Å². The zero-order valence-corrected chi connectivity index (χ0v) is 17.4. The molecular formula is C21H30N2O4S. The van der Waals surface area contributed by atoms with E-state index in [-0.39, 0.29) is 19.1 Å². The fraction of sp³-hybridized carbons (Fsp3) is 0.476. The highest BCUT2D eigenvalue weighted by Gasteiger charge is 2.10. The summed E-state index contributed by atoms with van der Waals surface area (Å²) >= 11 is 1.57. The molecule has 1 aromatic heterocycles. The average molecular weight is 407 g/mol. The second-order valence-electron chi connectivity index (χ2n) is 6.38. The highest BCUT2D eigenvalue weighted by atomic mass is 32.1. The van der Waals surface area contributed by atoms with Gasteiger partial charge in [-0.3, -0.25) is 4.79 Å². The van der Waals surface area contributed by atoms with Crippen LogP contribution in [-0.4, -0.2) is 61.4 Å². The van der Waals surface area contributed by atoms with Crippen molar-refractivity contribution in [3.8, 4) is 11.5 Å². The number of hydrogen-bond donors (Lipinski definition) is 2. The lowest BCUT2D eigenvalue weighted by Crippen LogP contribution is -2.34. The molecule has 0 aliphatic heterocycles. The molecule has 1 unspecified atom stereocenters. The Kier molecular flexibility index (Phi) is 9.82. The van der Waals surface area contributed by atoms with Gasteiger partial charge in [-0.15, -0.1) is 11.3 Å². The predicted molar refractivity (Wildman–Crippen MR) is 112 cm³/mol. The largest absolute Gasteiger partial charge is 0.490 e. The topological polar surface area (TPSA) is 71.0 Å². The van der Waals surface area contributed by atoms with E-state index in [0.29, 0.717) is 25.4 Å². The summed E-state index contributed by atoms with van der Waals surface area (Å²) in [5.74, 6) is 1.49. The minimum atomic E-state index is -0.543. The molecule has 2 N–H and O–H groups in total. The van der Waals surface area contributed by atoms with E-state index < -0.39 is 6.10 Å². The third-order valence-corrected chi connectivity index (χ3v) is 4.97. The second-order valence-corrected chi connectivity index (χ2v) is 7.16. The first-order chi connectivity index (χ1) is 13.6. The first kappa shape index (κ1) is 22.2. The quantitative estimate of drug-likeness (QED) is 0.500. The Labute approximate surface area is 171 Å². The third kappa shape index (κ3) is 7.88. The van der Waals surface area contributed by atoms with Crippen molar-refractivity contribution in [2.24, 2.45) is 0 Å². The number of carbonyl (C=O) groups is 1. The van der Waals surface area contributed by atoms with E-state index in [0.717, 1.165) is 18.7 Å². The summed E-state index contributed by atoms with van der Waals surface area (Å²) in [5.41, 5.74) is 1.17. The number of thiophene rings is 1. The minimum absolute atomic E-state index is 0.000174. The van der Waals surface area contributed by atoms with Crippen molar-refractivity contribution in [1.82, 2.24) is 10.2 Å². The van der Waals surface area contributed by atoms with E-state index in [9.17, 15) is 9.90 Å². The maximum absolute atomic E-state index is 12.0. The van der Waals surface area contributed by atoms with Gasteiger partial charge < -0.3 is 24.8 Å². The molecule has 1 heterocycles. The van der Waals surface area contributed by atoms with Crippen molar-refractivity contribution in [2.75, 3.05) is 39.4 Å². The summed E-state index contributed by atoms with van der Waals surface area (Å²) in [5, 5.41) is 17.0. The van der Waals surface area contributed by atoms with Crippen LogP contribution in [0.4, 0.5) is 0 Å². The second kappa shape index (κ2) is 12.4. The number of nitrogens with zero attached hydrogens (tertiary/aromatic N) is 1. The Balaban J connectivity index is 1.61. The standard InChI is InChI=1S/C21H30N2O4S/c1-3-23(4-2)21(25)15-27-19-7-5-17(6-8-19)9-11-22-13-18(24)14-26-20-10-12-28-16-20/h5-8,10,12,16,18,22,24H,3-4,9,11,13-15H2,1-2H3. The number of rotatable bonds is 13. The van der Waals surface area contributed by atoms with Crippen molar-refractivity contribution in [3.05, 3.63) is 46.7 Å². The number of aliphatic hydroxyl groups excluding tert-OH is 1. The van der Waals surface area contributed by atoms with Crippen molar-refractivity contribution in [1.29, 1.82) is 0 Å². The molecule has 7 heteroatoms. The van der Waals surface area contributed by atoms with Gasteiger partial charge >= 0.3 is 0 Å². The molecule has 28 heavy (non-hydrogen) atoms. The monoisotopic (exact) mass is 406 g/mol. The maximum atomic E-state index is 12.0. The molecule has 0 fully saturated rings. The number of amides is 1. The van der Waals surface area contributed by atoms with E-state index in [1.54, 1.807) is 16.2 Å². The summed E-state index contributed by atoms with van der Waals surface area (Å²) < 4.78 is 11.1.